The summed E-state index contributed by atoms with van der Waals surface area (Å²) in [6, 6.07) is 6.13. The summed E-state index contributed by atoms with van der Waals surface area (Å²) in [5, 5.41) is 10.5. The van der Waals surface area contributed by atoms with E-state index in [9.17, 15) is 5.11 Å². The third kappa shape index (κ3) is 2.49. The highest BCUT2D eigenvalue weighted by Gasteiger charge is 2.43. The van der Waals surface area contributed by atoms with Crippen molar-refractivity contribution >= 4 is 0 Å². The second-order valence-electron chi connectivity index (χ2n) is 5.86. The molecule has 2 saturated heterocycles. The molecular weight excluding hydrogens is 240 g/mol. The van der Waals surface area contributed by atoms with Gasteiger partial charge in [-0.05, 0) is 37.8 Å². The van der Waals surface area contributed by atoms with E-state index in [0.29, 0.717) is 18.4 Å². The number of methoxy groups -OCH3 is 1. The van der Waals surface area contributed by atoms with Crippen LogP contribution in [0.15, 0.2) is 18.2 Å². The van der Waals surface area contributed by atoms with Crippen LogP contribution in [0.1, 0.15) is 30.4 Å². The largest absolute Gasteiger partial charge is 0.496 e. The quantitative estimate of drug-likeness (QED) is 0.906. The van der Waals surface area contributed by atoms with Gasteiger partial charge in [0.25, 0.3) is 0 Å². The van der Waals surface area contributed by atoms with Gasteiger partial charge in [0.1, 0.15) is 5.75 Å². The van der Waals surface area contributed by atoms with Crippen molar-refractivity contribution in [3.63, 3.8) is 0 Å². The van der Waals surface area contributed by atoms with Crippen molar-refractivity contribution in [1.82, 2.24) is 0 Å². The third-order valence-corrected chi connectivity index (χ3v) is 4.51. The lowest BCUT2D eigenvalue weighted by Crippen LogP contribution is -2.31. The minimum atomic E-state index is -0.328. The first-order chi connectivity index (χ1) is 9.17. The molecule has 1 aromatic rings. The van der Waals surface area contributed by atoms with Crippen molar-refractivity contribution in [2.24, 2.45) is 5.92 Å². The van der Waals surface area contributed by atoms with Gasteiger partial charge in [-0.15, -0.1) is 0 Å². The van der Waals surface area contributed by atoms with Gasteiger partial charge in [-0.25, -0.2) is 0 Å². The van der Waals surface area contributed by atoms with Gasteiger partial charge in [0.15, 0.2) is 0 Å². The van der Waals surface area contributed by atoms with E-state index >= 15 is 0 Å². The number of fused-ring (bicyclic) bond motifs is 2. The second-order valence-corrected chi connectivity index (χ2v) is 5.86. The Morgan fingerprint density at radius 1 is 1.42 bits per heavy atom. The topological polar surface area (TPSA) is 38.7 Å². The fourth-order valence-electron chi connectivity index (χ4n) is 3.53. The van der Waals surface area contributed by atoms with E-state index in [-0.39, 0.29) is 12.2 Å². The highest BCUT2D eigenvalue weighted by molar-refractivity contribution is 5.37. The summed E-state index contributed by atoms with van der Waals surface area (Å²) in [7, 11) is 1.68. The monoisotopic (exact) mass is 262 g/mol. The maximum absolute atomic E-state index is 10.5. The standard InChI is InChI=1S/C16H22O3/c1-10-3-5-15(18-2)11(7-10)8-14(17)13-9-12-4-6-16(13)19-12/h3,5,7,12-14,16-17H,4,6,8-9H2,1-2H3. The van der Waals surface area contributed by atoms with Crippen molar-refractivity contribution in [2.45, 2.75) is 50.9 Å². The molecule has 1 N–H and O–H groups in total. The molecule has 104 valence electrons. The molecule has 4 atom stereocenters. The number of aliphatic hydroxyl groups is 1. The van der Waals surface area contributed by atoms with E-state index in [0.717, 1.165) is 24.2 Å². The van der Waals surface area contributed by atoms with E-state index < -0.39 is 0 Å². The Bertz CT molecular complexity index is 457. The zero-order chi connectivity index (χ0) is 13.4. The molecule has 2 aliphatic heterocycles. The van der Waals surface area contributed by atoms with Crippen molar-refractivity contribution in [3.8, 4) is 5.75 Å². The predicted octanol–water partition coefficient (Wildman–Crippen LogP) is 2.47. The van der Waals surface area contributed by atoms with Gasteiger partial charge in [0.05, 0.1) is 25.4 Å². The summed E-state index contributed by atoms with van der Waals surface area (Å²) < 4.78 is 11.2. The summed E-state index contributed by atoms with van der Waals surface area (Å²) in [5.41, 5.74) is 2.30. The second kappa shape index (κ2) is 5.14. The highest BCUT2D eigenvalue weighted by atomic mass is 16.5. The number of ether oxygens (including phenoxy) is 2. The van der Waals surface area contributed by atoms with Gasteiger partial charge in [-0.3, -0.25) is 0 Å². The summed E-state index contributed by atoms with van der Waals surface area (Å²) in [4.78, 5) is 0. The fraction of sp³-hybridized carbons (Fsp3) is 0.625. The van der Waals surface area contributed by atoms with Gasteiger partial charge < -0.3 is 14.6 Å². The van der Waals surface area contributed by atoms with Crippen LogP contribution in [-0.4, -0.2) is 30.5 Å². The predicted molar refractivity (Wildman–Crippen MR) is 73.4 cm³/mol. The lowest BCUT2D eigenvalue weighted by atomic mass is 9.83. The molecule has 3 nitrogen and oxygen atoms in total. The van der Waals surface area contributed by atoms with Crippen molar-refractivity contribution in [3.05, 3.63) is 29.3 Å². The molecule has 4 unspecified atom stereocenters. The average Bonchev–Trinajstić information content (AvgIpc) is 3.01. The van der Waals surface area contributed by atoms with Crippen LogP contribution < -0.4 is 4.74 Å². The molecule has 1 aromatic carbocycles. The van der Waals surface area contributed by atoms with E-state index in [1.807, 2.05) is 12.1 Å². The zero-order valence-electron chi connectivity index (χ0n) is 11.6. The number of rotatable bonds is 4. The first-order valence-corrected chi connectivity index (χ1v) is 7.14. The minimum absolute atomic E-state index is 0.274. The van der Waals surface area contributed by atoms with Crippen LogP contribution >= 0.6 is 0 Å². The van der Waals surface area contributed by atoms with Crippen LogP contribution in [0.2, 0.25) is 0 Å². The lowest BCUT2D eigenvalue weighted by Gasteiger charge is -2.25. The molecule has 2 aliphatic rings. The van der Waals surface area contributed by atoms with Gasteiger partial charge in [-0.1, -0.05) is 17.7 Å². The zero-order valence-corrected chi connectivity index (χ0v) is 11.6. The summed E-state index contributed by atoms with van der Waals surface area (Å²) in [5.74, 6) is 1.16. The first kappa shape index (κ1) is 12.9. The van der Waals surface area contributed by atoms with Crippen LogP contribution in [0, 0.1) is 12.8 Å². The molecule has 2 fully saturated rings. The van der Waals surface area contributed by atoms with Gasteiger partial charge in [0.2, 0.25) is 0 Å². The molecule has 2 bridgehead atoms. The van der Waals surface area contributed by atoms with E-state index in [2.05, 4.69) is 13.0 Å². The fourth-order valence-corrected chi connectivity index (χ4v) is 3.53. The molecule has 0 radical (unpaired) electrons. The average molecular weight is 262 g/mol. The summed E-state index contributed by atoms with van der Waals surface area (Å²) >= 11 is 0. The van der Waals surface area contributed by atoms with E-state index in [4.69, 9.17) is 9.47 Å². The van der Waals surface area contributed by atoms with Gasteiger partial charge in [-0.2, -0.15) is 0 Å². The molecule has 0 amide bonds. The summed E-state index contributed by atoms with van der Waals surface area (Å²) in [6.07, 6.45) is 4.28. The first-order valence-electron chi connectivity index (χ1n) is 7.14. The minimum Gasteiger partial charge on any atom is -0.496 e. The van der Waals surface area contributed by atoms with Crippen LogP contribution in [-0.2, 0) is 11.2 Å². The Morgan fingerprint density at radius 2 is 2.26 bits per heavy atom. The molecule has 2 heterocycles. The normalized spacial score (nSPS) is 30.6. The molecule has 3 heteroatoms. The highest BCUT2D eigenvalue weighted by Crippen LogP contribution is 2.41. The Hall–Kier alpha value is -1.06. The van der Waals surface area contributed by atoms with Crippen molar-refractivity contribution in [2.75, 3.05) is 7.11 Å². The number of hydrogen-bond acceptors (Lipinski definition) is 3. The van der Waals surface area contributed by atoms with Gasteiger partial charge in [0, 0.05) is 12.3 Å². The maximum Gasteiger partial charge on any atom is 0.122 e. The lowest BCUT2D eigenvalue weighted by molar-refractivity contribution is 0.0429. The maximum atomic E-state index is 10.5. The number of aryl methyl sites for hydroxylation is 1. The molecule has 0 spiro atoms. The van der Waals surface area contributed by atoms with Crippen LogP contribution in [0.25, 0.3) is 0 Å². The molecular formula is C16H22O3. The van der Waals surface area contributed by atoms with Crippen LogP contribution in [0.4, 0.5) is 0 Å². The van der Waals surface area contributed by atoms with Crippen molar-refractivity contribution in [1.29, 1.82) is 0 Å². The molecule has 0 aliphatic carbocycles. The summed E-state index contributed by atoms with van der Waals surface area (Å²) in [6.45, 7) is 2.07. The smallest absolute Gasteiger partial charge is 0.122 e. The Labute approximate surface area is 114 Å². The van der Waals surface area contributed by atoms with Crippen LogP contribution in [0.5, 0.6) is 5.75 Å². The number of aliphatic hydroxyl groups excluding tert-OH is 1. The Kier molecular flexibility index (Phi) is 3.50. The van der Waals surface area contributed by atoms with E-state index in [1.165, 1.54) is 12.0 Å². The third-order valence-electron chi connectivity index (χ3n) is 4.51. The van der Waals surface area contributed by atoms with Gasteiger partial charge >= 0.3 is 0 Å². The SMILES string of the molecule is COc1ccc(C)cc1CC(O)C1CC2CCC1O2. The van der Waals surface area contributed by atoms with Crippen LogP contribution in [0.3, 0.4) is 0 Å². The number of benzene rings is 1. The Balaban J connectivity index is 1.72. The molecule has 19 heavy (non-hydrogen) atoms. The molecule has 3 rings (SSSR count). The Morgan fingerprint density at radius 3 is 2.89 bits per heavy atom. The van der Waals surface area contributed by atoms with Crippen molar-refractivity contribution < 1.29 is 14.6 Å². The number of hydrogen-bond donors (Lipinski definition) is 1. The molecule has 0 aromatic heterocycles. The molecule has 0 saturated carbocycles. The van der Waals surface area contributed by atoms with E-state index in [1.54, 1.807) is 7.11 Å².